The van der Waals surface area contributed by atoms with Crippen LogP contribution in [0.4, 0.5) is 34.1 Å². The molecule has 10 aromatic heterocycles. The minimum atomic E-state index is -0.833. The number of halogens is 3. The minimum absolute atomic E-state index is 0.0621. The Morgan fingerprint density at radius 3 is 1.37 bits per heavy atom. The van der Waals surface area contributed by atoms with Crippen molar-refractivity contribution in [1.82, 2.24) is 61.2 Å². The van der Waals surface area contributed by atoms with Crippen molar-refractivity contribution in [3.63, 3.8) is 0 Å². The van der Waals surface area contributed by atoms with Crippen molar-refractivity contribution in [2.75, 3.05) is 42.4 Å². The first-order chi connectivity index (χ1) is 43.8. The predicted molar refractivity (Wildman–Crippen MR) is 336 cm³/mol. The molecular formula is C57H57Cl3N18O12. The van der Waals surface area contributed by atoms with Gasteiger partial charge in [0.1, 0.15) is 5.69 Å². The lowest BCUT2D eigenvalue weighted by molar-refractivity contribution is -0.282. The fourth-order valence-electron chi connectivity index (χ4n) is 8.50. The molecule has 0 unspecified atom stereocenters. The number of nitrogen functional groups attached to an aromatic ring is 1. The fraction of sp³-hybridized carbons (Fsp3) is 0.175. The molecule has 90 heavy (non-hydrogen) atoms. The van der Waals surface area contributed by atoms with Crippen LogP contribution < -0.4 is 38.9 Å². The average Bonchev–Trinajstić information content (AvgIpc) is 1.69. The molecule has 30 nitrogen and oxygen atoms in total. The van der Waals surface area contributed by atoms with E-state index in [1.807, 2.05) is 39.0 Å². The SMILES string of the molecule is CC(=O)O.CCOC(=O)c1oc2cnccc2c1Nc1ccc(Cl)c2[nH]ncc12.CCOC(OCC)OCC.Clc1ccc(Nc2c(-c3nnco3)oc3cnccc23)c2cn[nH]c12.NN.NNC(=O)c1oc2cnccc2c1Nc1ccc(Cl)c2[nH]ncc12. The van der Waals surface area contributed by atoms with Crippen molar-refractivity contribution < 1.29 is 56.1 Å². The molecule has 0 bridgehead atoms. The number of amides is 1. The number of aromatic amines is 3. The first-order valence-corrected chi connectivity index (χ1v) is 28.0. The number of aliphatic carboxylic acids is 1. The number of benzene rings is 3. The van der Waals surface area contributed by atoms with Crippen molar-refractivity contribution in [2.24, 2.45) is 17.5 Å². The maximum atomic E-state index is 12.3. The average molecular weight is 1290 g/mol. The molecule has 3 aromatic carbocycles. The number of nitrogens with two attached hydrogens (primary N) is 3. The van der Waals surface area contributed by atoms with Crippen LogP contribution in [-0.2, 0) is 23.7 Å². The molecule has 0 aliphatic rings. The number of hydrogen-bond acceptors (Lipinski definition) is 25. The summed E-state index contributed by atoms with van der Waals surface area (Å²) in [7, 11) is 0. The third kappa shape index (κ3) is 15.3. The molecule has 14 N–H and O–H groups in total. The van der Waals surface area contributed by atoms with Gasteiger partial charge in [0, 0.05) is 94.7 Å². The maximum Gasteiger partial charge on any atom is 0.376 e. The molecule has 0 fully saturated rings. The van der Waals surface area contributed by atoms with Crippen LogP contribution in [0.2, 0.25) is 15.1 Å². The van der Waals surface area contributed by atoms with Gasteiger partial charge >= 0.3 is 11.9 Å². The number of nitrogens with one attached hydrogen (secondary N) is 7. The molecule has 13 aromatic rings. The second-order valence-electron chi connectivity index (χ2n) is 17.8. The number of pyridine rings is 3. The fourth-order valence-corrected chi connectivity index (χ4v) is 9.12. The number of carbonyl (C=O) groups is 3. The molecular weight excluding hydrogens is 1240 g/mol. The van der Waals surface area contributed by atoms with E-state index in [0.717, 1.165) is 50.7 Å². The van der Waals surface area contributed by atoms with Gasteiger partial charge in [0.25, 0.3) is 18.3 Å². The van der Waals surface area contributed by atoms with Gasteiger partial charge < -0.3 is 57.7 Å². The summed E-state index contributed by atoms with van der Waals surface area (Å²) >= 11 is 18.5. The van der Waals surface area contributed by atoms with E-state index in [-0.39, 0.29) is 24.0 Å². The molecule has 1 amide bonds. The third-order valence-corrected chi connectivity index (χ3v) is 13.2. The van der Waals surface area contributed by atoms with E-state index < -0.39 is 24.3 Å². The smallest absolute Gasteiger partial charge is 0.376 e. The molecule has 10 heterocycles. The highest BCUT2D eigenvalue weighted by molar-refractivity contribution is 6.36. The Hall–Kier alpha value is -10.3. The van der Waals surface area contributed by atoms with Gasteiger partial charge in [-0.25, -0.2) is 10.6 Å². The standard InChI is InChI=1S/C17H13ClN4O3.C16H9ClN6O2.C15H11ClN6O2.C7H16O3.C2H4O2.H4N2/c1-2-24-17(23)16-15(9-5-6-19-8-13(9)25-16)21-12-4-3-11(18)14-10(12)7-20-22-14;17-10-1-2-11(9-5-19-22-13(9)10)21-14-8-3-4-18-6-12(8)25-15(14)16-23-20-7-24-16;16-9-1-2-10(8-5-19-22-12(8)9)20-13-7-3-4-18-6-11(7)24-14(13)15(23)21-17;1-4-8-7(9-5-2)10-6-3;1-2(3)4;1-2/h3-8,21H,2H2,1H3,(H,20,22);1-7,21H,(H,19,22);1-6,20H,17H2,(H,19,22)(H,21,23);7H,4-6H2,1-3H3;1H3,(H,3,4);1-2H2. The van der Waals surface area contributed by atoms with Gasteiger partial charge in [0.15, 0.2) is 16.7 Å². The van der Waals surface area contributed by atoms with Gasteiger partial charge in [-0.3, -0.25) is 56.9 Å². The summed E-state index contributed by atoms with van der Waals surface area (Å²) in [6.07, 6.45) is 15.9. The predicted octanol–water partition coefficient (Wildman–Crippen LogP) is 11.4. The zero-order valence-electron chi connectivity index (χ0n) is 48.3. The molecule has 0 spiro atoms. The summed E-state index contributed by atoms with van der Waals surface area (Å²) in [5.74, 6) is 12.2. The van der Waals surface area contributed by atoms with Crippen molar-refractivity contribution >= 4 is 152 Å². The molecule has 0 atom stereocenters. The second-order valence-corrected chi connectivity index (χ2v) is 19.0. The van der Waals surface area contributed by atoms with Gasteiger partial charge in [0.2, 0.25) is 23.7 Å². The van der Waals surface area contributed by atoms with E-state index in [9.17, 15) is 9.59 Å². The van der Waals surface area contributed by atoms with E-state index in [2.05, 4.69) is 88.8 Å². The normalized spacial score (nSPS) is 10.8. The van der Waals surface area contributed by atoms with Gasteiger partial charge in [0.05, 0.1) is 86.8 Å². The van der Waals surface area contributed by atoms with Gasteiger partial charge in [-0.1, -0.05) is 34.8 Å². The number of carboxylic acid groups (broad SMARTS) is 1. The highest BCUT2D eigenvalue weighted by Crippen LogP contribution is 2.42. The lowest BCUT2D eigenvalue weighted by Crippen LogP contribution is -2.30. The van der Waals surface area contributed by atoms with E-state index in [4.69, 9.17) is 87.2 Å². The number of H-pyrrole nitrogens is 3. The quantitative estimate of drug-likeness (QED) is 0.0141. The zero-order valence-corrected chi connectivity index (χ0v) is 50.5. The van der Waals surface area contributed by atoms with Crippen LogP contribution in [0.15, 0.2) is 134 Å². The van der Waals surface area contributed by atoms with Crippen LogP contribution in [0.3, 0.4) is 0 Å². The Morgan fingerprint density at radius 2 is 0.967 bits per heavy atom. The van der Waals surface area contributed by atoms with E-state index in [1.54, 1.807) is 92.9 Å². The molecule has 13 rings (SSSR count). The number of esters is 1. The first kappa shape index (κ1) is 65.7. The zero-order chi connectivity index (χ0) is 64.3. The molecule has 468 valence electrons. The highest BCUT2D eigenvalue weighted by atomic mass is 35.5. The molecule has 0 saturated carbocycles. The number of ether oxygens (including phenoxy) is 4. The molecule has 0 radical (unpaired) electrons. The lowest BCUT2D eigenvalue weighted by Gasteiger charge is -2.15. The molecule has 0 saturated heterocycles. The van der Waals surface area contributed by atoms with E-state index in [0.29, 0.717) is 96.6 Å². The monoisotopic (exact) mass is 1290 g/mol. The summed E-state index contributed by atoms with van der Waals surface area (Å²) in [6, 6.07) is 16.1. The number of aromatic nitrogens is 11. The van der Waals surface area contributed by atoms with Crippen molar-refractivity contribution in [1.29, 1.82) is 0 Å². The lowest BCUT2D eigenvalue weighted by atomic mass is 10.2. The van der Waals surface area contributed by atoms with Crippen LogP contribution in [0.5, 0.6) is 0 Å². The van der Waals surface area contributed by atoms with Gasteiger partial charge in [-0.15, -0.1) is 10.2 Å². The van der Waals surface area contributed by atoms with Gasteiger partial charge in [-0.2, -0.15) is 15.3 Å². The number of anilines is 6. The molecule has 0 aliphatic carbocycles. The number of hydrazine groups is 2. The van der Waals surface area contributed by atoms with Crippen molar-refractivity contribution in [3.8, 4) is 11.7 Å². The number of carboxylic acids is 1. The second kappa shape index (κ2) is 31.6. The van der Waals surface area contributed by atoms with Crippen LogP contribution in [0.1, 0.15) is 55.7 Å². The molecule has 0 aliphatic heterocycles. The number of hydrogen-bond donors (Lipinski definition) is 11. The van der Waals surface area contributed by atoms with Crippen LogP contribution >= 0.6 is 34.8 Å². The highest BCUT2D eigenvalue weighted by Gasteiger charge is 2.25. The van der Waals surface area contributed by atoms with E-state index in [1.165, 1.54) is 12.6 Å². The van der Waals surface area contributed by atoms with Crippen molar-refractivity contribution in [2.45, 2.75) is 41.1 Å². The van der Waals surface area contributed by atoms with Gasteiger partial charge in [-0.05, 0) is 82.3 Å². The molecule has 33 heteroatoms. The third-order valence-electron chi connectivity index (χ3n) is 12.2. The summed E-state index contributed by atoms with van der Waals surface area (Å²) in [5, 5.41) is 52.0. The largest absolute Gasteiger partial charge is 0.481 e. The van der Waals surface area contributed by atoms with Crippen LogP contribution in [-0.4, -0.2) is 112 Å². The van der Waals surface area contributed by atoms with Crippen molar-refractivity contribution in [3.05, 3.63) is 143 Å². The Labute approximate surface area is 523 Å². The Balaban J connectivity index is 0.000000156. The van der Waals surface area contributed by atoms with Crippen LogP contribution in [0, 0.1) is 0 Å². The Bertz CT molecular complexity index is 4490. The Morgan fingerprint density at radius 1 is 0.567 bits per heavy atom. The summed E-state index contributed by atoms with van der Waals surface area (Å²) < 4.78 is 42.7. The number of rotatable bonds is 16. The van der Waals surface area contributed by atoms with E-state index >= 15 is 0 Å². The Kier molecular flexibility index (Phi) is 23.0. The summed E-state index contributed by atoms with van der Waals surface area (Å²) in [6.45, 7) is 10.2. The number of furan rings is 3. The summed E-state index contributed by atoms with van der Waals surface area (Å²) in [4.78, 5) is 45.4. The maximum absolute atomic E-state index is 12.3. The minimum Gasteiger partial charge on any atom is -0.481 e. The topological polar surface area (TPSA) is 438 Å². The number of nitrogens with zero attached hydrogens (tertiary/aromatic N) is 8. The number of carbonyl (C=O) groups excluding carboxylic acids is 2. The van der Waals surface area contributed by atoms with Crippen LogP contribution in [0.25, 0.3) is 77.3 Å². The first-order valence-electron chi connectivity index (χ1n) is 26.8. The summed E-state index contributed by atoms with van der Waals surface area (Å²) in [5.41, 5.74) is 9.76. The number of fused-ring (bicyclic) bond motifs is 6.